The number of H-pyrrole nitrogens is 1. The molecule has 7 heteroatoms. The normalized spacial score (nSPS) is 9.74. The van der Waals surface area contributed by atoms with E-state index < -0.39 is 5.56 Å². The first-order valence-corrected chi connectivity index (χ1v) is 7.70. The van der Waals surface area contributed by atoms with Crippen LogP contribution in [0.15, 0.2) is 28.2 Å². The first kappa shape index (κ1) is 16.5. The summed E-state index contributed by atoms with van der Waals surface area (Å²) < 4.78 is 10.8. The maximum Gasteiger partial charge on any atom is 0.270 e. The van der Waals surface area contributed by atoms with E-state index in [1.807, 2.05) is 6.07 Å². The Balaban J connectivity index is 2.76. The van der Waals surface area contributed by atoms with Gasteiger partial charge in [0.05, 0.1) is 7.11 Å². The molecule has 23 heavy (non-hydrogen) atoms. The molecule has 0 aliphatic heterocycles. The Morgan fingerprint density at radius 2 is 2.26 bits per heavy atom. The molecule has 0 bridgehead atoms. The number of para-hydroxylation sites is 1. The average Bonchev–Trinajstić information content (AvgIpc) is 2.58. The van der Waals surface area contributed by atoms with Gasteiger partial charge in [-0.2, -0.15) is 5.26 Å². The van der Waals surface area contributed by atoms with Gasteiger partial charge in [-0.05, 0) is 18.4 Å². The third-order valence-corrected chi connectivity index (χ3v) is 3.54. The molecule has 0 amide bonds. The van der Waals surface area contributed by atoms with Crippen molar-refractivity contribution in [3.05, 3.63) is 34.1 Å². The van der Waals surface area contributed by atoms with Crippen LogP contribution in [-0.4, -0.2) is 29.9 Å². The third-order valence-electron chi connectivity index (χ3n) is 2.96. The summed E-state index contributed by atoms with van der Waals surface area (Å²) in [5.41, 5.74) is 0.0956. The van der Waals surface area contributed by atoms with E-state index in [0.29, 0.717) is 22.2 Å². The third kappa shape index (κ3) is 3.31. The van der Waals surface area contributed by atoms with Crippen LogP contribution in [0.4, 0.5) is 0 Å². The van der Waals surface area contributed by atoms with Crippen molar-refractivity contribution in [3.8, 4) is 41.2 Å². The van der Waals surface area contributed by atoms with Crippen LogP contribution < -0.4 is 15.0 Å². The molecule has 0 radical (unpaired) electrons. The number of nitrogens with one attached hydrogen (secondary N) is 1. The number of ether oxygens (including phenoxy) is 2. The molecule has 1 N–H and O–H groups in total. The number of thioether (sulfide) groups is 1. The first-order chi connectivity index (χ1) is 11.2. The predicted molar refractivity (Wildman–Crippen MR) is 87.7 cm³/mol. The van der Waals surface area contributed by atoms with E-state index >= 15 is 0 Å². The number of hydrogen-bond acceptors (Lipinski definition) is 6. The monoisotopic (exact) mass is 327 g/mol. The van der Waals surface area contributed by atoms with Crippen LogP contribution in [-0.2, 0) is 0 Å². The minimum absolute atomic E-state index is 0.0217. The van der Waals surface area contributed by atoms with Gasteiger partial charge in [-0.15, -0.1) is 6.42 Å². The Kier molecular flexibility index (Phi) is 5.29. The Morgan fingerprint density at radius 1 is 1.48 bits per heavy atom. The summed E-state index contributed by atoms with van der Waals surface area (Å²) in [5, 5.41) is 9.69. The topological polar surface area (TPSA) is 88.0 Å². The number of terminal acetylenes is 1. The zero-order valence-electron chi connectivity index (χ0n) is 12.5. The fourth-order valence-corrected chi connectivity index (χ4v) is 2.35. The standard InChI is InChI=1S/C16H13N3O3S/c1-4-8-22-14-10(6-5-7-12(14)21-2)13-11(9-17)15(20)19-16(18-13)23-3/h1,5-7H,8H2,2-3H3,(H,18,19,20). The van der Waals surface area contributed by atoms with E-state index in [0.717, 1.165) is 0 Å². The number of nitriles is 1. The van der Waals surface area contributed by atoms with Crippen LogP contribution in [0, 0.1) is 23.7 Å². The number of aromatic nitrogens is 2. The van der Waals surface area contributed by atoms with Gasteiger partial charge in [0.15, 0.2) is 16.7 Å². The molecule has 2 aromatic rings. The molecule has 0 aliphatic rings. The number of benzene rings is 1. The summed E-state index contributed by atoms with van der Waals surface area (Å²) in [7, 11) is 1.49. The predicted octanol–water partition coefficient (Wildman–Crippen LogP) is 2.05. The molecule has 0 saturated carbocycles. The highest BCUT2D eigenvalue weighted by molar-refractivity contribution is 7.98. The van der Waals surface area contributed by atoms with Crippen molar-refractivity contribution in [2.75, 3.05) is 20.0 Å². The minimum Gasteiger partial charge on any atom is -0.493 e. The molecule has 0 fully saturated rings. The second-order valence-electron chi connectivity index (χ2n) is 4.24. The summed E-state index contributed by atoms with van der Waals surface area (Å²) in [6.45, 7) is 0.0217. The van der Waals surface area contributed by atoms with Crippen molar-refractivity contribution in [2.24, 2.45) is 0 Å². The quantitative estimate of drug-likeness (QED) is 0.514. The van der Waals surface area contributed by atoms with Gasteiger partial charge in [0.2, 0.25) is 0 Å². The Bertz CT molecular complexity index is 862. The van der Waals surface area contributed by atoms with E-state index in [4.69, 9.17) is 15.9 Å². The highest BCUT2D eigenvalue weighted by atomic mass is 32.2. The molecular formula is C16H13N3O3S. The summed E-state index contributed by atoms with van der Waals surface area (Å²) >= 11 is 1.26. The number of nitrogens with zero attached hydrogens (tertiary/aromatic N) is 2. The summed E-state index contributed by atoms with van der Waals surface area (Å²) in [6.07, 6.45) is 7.01. The van der Waals surface area contributed by atoms with Crippen molar-refractivity contribution in [2.45, 2.75) is 5.16 Å². The summed E-state index contributed by atoms with van der Waals surface area (Å²) in [6, 6.07) is 7.00. The van der Waals surface area contributed by atoms with E-state index in [2.05, 4.69) is 15.9 Å². The second-order valence-corrected chi connectivity index (χ2v) is 5.04. The molecule has 1 aromatic heterocycles. The molecule has 0 unspecified atom stereocenters. The van der Waals surface area contributed by atoms with Gasteiger partial charge in [-0.25, -0.2) is 4.98 Å². The molecule has 0 saturated heterocycles. The number of aromatic amines is 1. The zero-order valence-corrected chi connectivity index (χ0v) is 13.4. The Labute approximate surface area is 137 Å². The number of methoxy groups -OCH3 is 1. The van der Waals surface area contributed by atoms with Crippen LogP contribution in [0.3, 0.4) is 0 Å². The average molecular weight is 327 g/mol. The van der Waals surface area contributed by atoms with Gasteiger partial charge in [0.1, 0.15) is 23.9 Å². The highest BCUT2D eigenvalue weighted by Crippen LogP contribution is 2.38. The van der Waals surface area contributed by atoms with Gasteiger partial charge < -0.3 is 14.5 Å². The smallest absolute Gasteiger partial charge is 0.270 e. The zero-order chi connectivity index (χ0) is 16.8. The lowest BCUT2D eigenvalue weighted by Crippen LogP contribution is -2.15. The number of hydrogen-bond donors (Lipinski definition) is 1. The lowest BCUT2D eigenvalue weighted by atomic mass is 10.1. The van der Waals surface area contributed by atoms with Gasteiger partial charge in [0, 0.05) is 5.56 Å². The highest BCUT2D eigenvalue weighted by Gasteiger charge is 2.19. The van der Waals surface area contributed by atoms with Crippen molar-refractivity contribution < 1.29 is 9.47 Å². The minimum atomic E-state index is -0.507. The SMILES string of the molecule is C#CCOc1c(OC)cccc1-c1nc(SC)[nH]c(=O)c1C#N. The van der Waals surface area contributed by atoms with E-state index in [-0.39, 0.29) is 17.9 Å². The van der Waals surface area contributed by atoms with Crippen molar-refractivity contribution in [3.63, 3.8) is 0 Å². The maximum atomic E-state index is 12.1. The molecule has 2 rings (SSSR count). The largest absolute Gasteiger partial charge is 0.493 e. The molecule has 0 atom stereocenters. The molecular weight excluding hydrogens is 314 g/mol. The van der Waals surface area contributed by atoms with Crippen LogP contribution in [0.2, 0.25) is 0 Å². The van der Waals surface area contributed by atoms with E-state index in [1.165, 1.54) is 18.9 Å². The van der Waals surface area contributed by atoms with Gasteiger partial charge in [0.25, 0.3) is 5.56 Å². The molecule has 0 spiro atoms. The Morgan fingerprint density at radius 3 is 2.87 bits per heavy atom. The molecule has 0 aliphatic carbocycles. The summed E-state index contributed by atoms with van der Waals surface area (Å²) in [4.78, 5) is 19.0. The fraction of sp³-hybridized carbons (Fsp3) is 0.188. The Hall–Kier alpha value is -2.90. The van der Waals surface area contributed by atoms with Crippen LogP contribution in [0.5, 0.6) is 11.5 Å². The fourth-order valence-electron chi connectivity index (χ4n) is 1.97. The van der Waals surface area contributed by atoms with Crippen LogP contribution in [0.25, 0.3) is 11.3 Å². The second kappa shape index (κ2) is 7.39. The maximum absolute atomic E-state index is 12.1. The van der Waals surface area contributed by atoms with Gasteiger partial charge >= 0.3 is 0 Å². The molecule has 116 valence electrons. The van der Waals surface area contributed by atoms with E-state index in [9.17, 15) is 10.1 Å². The molecule has 1 aromatic carbocycles. The first-order valence-electron chi connectivity index (χ1n) is 6.48. The van der Waals surface area contributed by atoms with Gasteiger partial charge in [-0.3, -0.25) is 4.79 Å². The number of rotatable bonds is 5. The lowest BCUT2D eigenvalue weighted by Gasteiger charge is -2.14. The van der Waals surface area contributed by atoms with Crippen molar-refractivity contribution >= 4 is 11.8 Å². The van der Waals surface area contributed by atoms with Crippen LogP contribution in [0.1, 0.15) is 5.56 Å². The lowest BCUT2D eigenvalue weighted by molar-refractivity contribution is 0.332. The van der Waals surface area contributed by atoms with E-state index in [1.54, 1.807) is 24.5 Å². The molecule has 6 nitrogen and oxygen atoms in total. The van der Waals surface area contributed by atoms with Crippen molar-refractivity contribution in [1.29, 1.82) is 5.26 Å². The van der Waals surface area contributed by atoms with Crippen LogP contribution >= 0.6 is 11.8 Å². The van der Waals surface area contributed by atoms with Gasteiger partial charge in [-0.1, -0.05) is 23.7 Å². The molecule has 1 heterocycles. The summed E-state index contributed by atoms with van der Waals surface area (Å²) in [5.74, 6) is 3.16. The van der Waals surface area contributed by atoms with Crippen molar-refractivity contribution in [1.82, 2.24) is 9.97 Å².